The molecule has 0 aliphatic heterocycles. The second-order valence-corrected chi connectivity index (χ2v) is 2.90. The van der Waals surface area contributed by atoms with Crippen molar-refractivity contribution < 1.29 is 5.11 Å². The molecule has 0 radical (unpaired) electrons. The van der Waals surface area contributed by atoms with Gasteiger partial charge in [-0.3, -0.25) is 4.98 Å². The quantitative estimate of drug-likeness (QED) is 0.675. The summed E-state index contributed by atoms with van der Waals surface area (Å²) in [5, 5.41) is 18.5. The number of aryl methyl sites for hydroxylation is 1. The average Bonchev–Trinajstić information content (AvgIpc) is 2.18. The Morgan fingerprint density at radius 1 is 1.50 bits per heavy atom. The molecule has 2 rings (SSSR count). The smallest absolute Gasteiger partial charge is 0.163 e. The Morgan fingerprint density at radius 3 is 3.00 bits per heavy atom. The predicted molar refractivity (Wildman–Crippen MR) is 50.7 cm³/mol. The van der Waals surface area contributed by atoms with Gasteiger partial charge in [-0.15, -0.1) is 0 Å². The van der Waals surface area contributed by atoms with Crippen LogP contribution in [0.4, 0.5) is 0 Å². The molecule has 0 aliphatic carbocycles. The molecule has 1 N–H and O–H groups in total. The third-order valence-corrected chi connectivity index (χ3v) is 2.01. The molecule has 0 bridgehead atoms. The molecule has 0 aromatic carbocycles. The molecule has 2 aromatic heterocycles. The highest BCUT2D eigenvalue weighted by molar-refractivity contribution is 5.83. The van der Waals surface area contributed by atoms with Gasteiger partial charge in [0, 0.05) is 6.20 Å². The second-order valence-electron chi connectivity index (χ2n) is 2.90. The van der Waals surface area contributed by atoms with Gasteiger partial charge < -0.3 is 5.11 Å². The van der Waals surface area contributed by atoms with E-state index in [2.05, 4.69) is 9.97 Å². The summed E-state index contributed by atoms with van der Waals surface area (Å²) in [5.74, 6) is -0.0874. The fourth-order valence-electron chi connectivity index (χ4n) is 1.33. The summed E-state index contributed by atoms with van der Waals surface area (Å²) in [5.41, 5.74) is 1.68. The van der Waals surface area contributed by atoms with E-state index < -0.39 is 0 Å². The molecular formula is C10H7N3O. The van der Waals surface area contributed by atoms with Gasteiger partial charge in [-0.2, -0.15) is 5.26 Å². The summed E-state index contributed by atoms with van der Waals surface area (Å²) in [6.45, 7) is 1.69. The van der Waals surface area contributed by atoms with Crippen molar-refractivity contribution in [2.24, 2.45) is 0 Å². The fraction of sp³-hybridized carbons (Fsp3) is 0.100. The molecule has 2 aromatic rings. The lowest BCUT2D eigenvalue weighted by atomic mass is 10.1. The van der Waals surface area contributed by atoms with Crippen molar-refractivity contribution in [1.29, 1.82) is 5.26 Å². The standard InChI is InChI=1S/C10H7N3O/c1-6-7(5-11)10(14)9-8(13-6)3-2-4-12-9/h2-4H,1H3,(H,13,14). The van der Waals surface area contributed by atoms with E-state index in [0.717, 1.165) is 0 Å². The second kappa shape index (κ2) is 2.96. The molecule has 4 heteroatoms. The molecule has 14 heavy (non-hydrogen) atoms. The van der Waals surface area contributed by atoms with Crippen LogP contribution in [0.2, 0.25) is 0 Å². The lowest BCUT2D eigenvalue weighted by molar-refractivity contribution is 0.477. The van der Waals surface area contributed by atoms with Crippen LogP contribution < -0.4 is 0 Å². The van der Waals surface area contributed by atoms with Gasteiger partial charge in [0.15, 0.2) is 5.75 Å². The highest BCUT2D eigenvalue weighted by atomic mass is 16.3. The van der Waals surface area contributed by atoms with Crippen LogP contribution in [0, 0.1) is 18.3 Å². The summed E-state index contributed by atoms with van der Waals surface area (Å²) < 4.78 is 0. The lowest BCUT2D eigenvalue weighted by Crippen LogP contribution is -1.92. The summed E-state index contributed by atoms with van der Waals surface area (Å²) in [6, 6.07) is 5.39. The fourth-order valence-corrected chi connectivity index (χ4v) is 1.33. The van der Waals surface area contributed by atoms with Crippen LogP contribution in [0.15, 0.2) is 18.3 Å². The molecule has 4 nitrogen and oxygen atoms in total. The Balaban J connectivity index is 2.95. The first-order valence-corrected chi connectivity index (χ1v) is 4.08. The minimum atomic E-state index is -0.0874. The largest absolute Gasteiger partial charge is 0.504 e. The molecule has 0 saturated heterocycles. The molecule has 0 aliphatic rings. The maximum Gasteiger partial charge on any atom is 0.163 e. The molecule has 0 fully saturated rings. The highest BCUT2D eigenvalue weighted by Crippen LogP contribution is 2.26. The molecule has 0 saturated carbocycles. The van der Waals surface area contributed by atoms with Crippen LogP contribution in [0.1, 0.15) is 11.3 Å². The molecule has 0 unspecified atom stereocenters. The Bertz CT molecular complexity index is 543. The van der Waals surface area contributed by atoms with Crippen molar-refractivity contribution in [2.45, 2.75) is 6.92 Å². The number of fused-ring (bicyclic) bond motifs is 1. The van der Waals surface area contributed by atoms with E-state index in [0.29, 0.717) is 16.7 Å². The Labute approximate surface area is 80.5 Å². The topological polar surface area (TPSA) is 69.8 Å². The number of nitrogens with zero attached hydrogens (tertiary/aromatic N) is 3. The van der Waals surface area contributed by atoms with Gasteiger partial charge in [-0.05, 0) is 19.1 Å². The van der Waals surface area contributed by atoms with Crippen molar-refractivity contribution >= 4 is 11.0 Å². The molecule has 0 atom stereocenters. The number of rotatable bonds is 0. The molecule has 0 amide bonds. The van der Waals surface area contributed by atoms with Crippen LogP contribution in [-0.4, -0.2) is 15.1 Å². The van der Waals surface area contributed by atoms with E-state index in [1.807, 2.05) is 6.07 Å². The van der Waals surface area contributed by atoms with E-state index >= 15 is 0 Å². The summed E-state index contributed by atoms with van der Waals surface area (Å²) in [6.07, 6.45) is 1.56. The van der Waals surface area contributed by atoms with Crippen molar-refractivity contribution in [2.75, 3.05) is 0 Å². The van der Waals surface area contributed by atoms with E-state index in [1.54, 1.807) is 25.3 Å². The van der Waals surface area contributed by atoms with Gasteiger partial charge in [0.25, 0.3) is 0 Å². The van der Waals surface area contributed by atoms with E-state index in [9.17, 15) is 5.11 Å². The zero-order valence-electron chi connectivity index (χ0n) is 7.52. The summed E-state index contributed by atoms with van der Waals surface area (Å²) >= 11 is 0. The SMILES string of the molecule is Cc1nc2cccnc2c(O)c1C#N. The van der Waals surface area contributed by atoms with Crippen molar-refractivity contribution in [3.8, 4) is 11.8 Å². The number of aromatic hydroxyl groups is 1. The van der Waals surface area contributed by atoms with Gasteiger partial charge in [-0.25, -0.2) is 4.98 Å². The van der Waals surface area contributed by atoms with Crippen LogP contribution >= 0.6 is 0 Å². The average molecular weight is 185 g/mol. The number of pyridine rings is 2. The van der Waals surface area contributed by atoms with E-state index in [1.165, 1.54) is 0 Å². The van der Waals surface area contributed by atoms with Crippen molar-refractivity contribution in [3.05, 3.63) is 29.6 Å². The number of hydrogen-bond acceptors (Lipinski definition) is 4. The first-order valence-electron chi connectivity index (χ1n) is 4.08. The summed E-state index contributed by atoms with van der Waals surface area (Å²) in [7, 11) is 0. The maximum absolute atomic E-state index is 9.71. The monoisotopic (exact) mass is 185 g/mol. The Morgan fingerprint density at radius 2 is 2.29 bits per heavy atom. The molecule has 68 valence electrons. The van der Waals surface area contributed by atoms with Gasteiger partial charge in [0.05, 0.1) is 11.2 Å². The molecule has 0 spiro atoms. The van der Waals surface area contributed by atoms with Crippen LogP contribution in [0.25, 0.3) is 11.0 Å². The maximum atomic E-state index is 9.71. The minimum Gasteiger partial charge on any atom is -0.504 e. The predicted octanol–water partition coefficient (Wildman–Crippen LogP) is 1.52. The molecular weight excluding hydrogens is 178 g/mol. The normalized spacial score (nSPS) is 10.0. The number of aromatic nitrogens is 2. The number of nitriles is 1. The van der Waals surface area contributed by atoms with Gasteiger partial charge >= 0.3 is 0 Å². The first-order chi connectivity index (χ1) is 6.74. The van der Waals surface area contributed by atoms with E-state index in [-0.39, 0.29) is 11.3 Å². The van der Waals surface area contributed by atoms with Gasteiger partial charge in [0.2, 0.25) is 0 Å². The summed E-state index contributed by atoms with van der Waals surface area (Å²) in [4.78, 5) is 8.13. The van der Waals surface area contributed by atoms with Crippen LogP contribution in [0.3, 0.4) is 0 Å². The van der Waals surface area contributed by atoms with Crippen molar-refractivity contribution in [1.82, 2.24) is 9.97 Å². The van der Waals surface area contributed by atoms with E-state index in [4.69, 9.17) is 5.26 Å². The van der Waals surface area contributed by atoms with Gasteiger partial charge in [-0.1, -0.05) is 0 Å². The van der Waals surface area contributed by atoms with Crippen LogP contribution in [-0.2, 0) is 0 Å². The lowest BCUT2D eigenvalue weighted by Gasteiger charge is -2.03. The number of hydrogen-bond donors (Lipinski definition) is 1. The Hall–Kier alpha value is -2.15. The Kier molecular flexibility index (Phi) is 1.79. The zero-order chi connectivity index (χ0) is 10.1. The third kappa shape index (κ3) is 1.07. The van der Waals surface area contributed by atoms with Gasteiger partial charge in [0.1, 0.15) is 17.1 Å². The zero-order valence-corrected chi connectivity index (χ0v) is 7.52. The first kappa shape index (κ1) is 8.45. The third-order valence-electron chi connectivity index (χ3n) is 2.01. The highest BCUT2D eigenvalue weighted by Gasteiger charge is 2.11. The molecule has 2 heterocycles. The van der Waals surface area contributed by atoms with Crippen LogP contribution in [0.5, 0.6) is 5.75 Å². The van der Waals surface area contributed by atoms with Crippen molar-refractivity contribution in [3.63, 3.8) is 0 Å². The minimum absolute atomic E-state index is 0.0874.